The third-order valence-electron chi connectivity index (χ3n) is 4.77. The Kier molecular flexibility index (Phi) is 5.61. The average molecular weight is 417 g/mol. The van der Waals surface area contributed by atoms with Gasteiger partial charge in [-0.2, -0.15) is 18.3 Å². The van der Waals surface area contributed by atoms with Crippen LogP contribution in [0, 0.1) is 13.8 Å². The molecule has 0 aliphatic heterocycles. The SMILES string of the molecule is CCC(=O)N/N=C(\C)c1c(O)n(-c2cc(C)cc(C)c2)c2cc(C(F)(F)F)ccc12. The Bertz CT molecular complexity index is 1140. The number of fused-ring (bicyclic) bond motifs is 1. The van der Waals surface area contributed by atoms with E-state index in [0.717, 1.165) is 23.3 Å². The predicted molar refractivity (Wildman–Crippen MR) is 110 cm³/mol. The summed E-state index contributed by atoms with van der Waals surface area (Å²) in [6.07, 6.45) is -4.30. The van der Waals surface area contributed by atoms with Gasteiger partial charge < -0.3 is 5.11 Å². The minimum absolute atomic E-state index is 0.193. The molecule has 0 spiro atoms. The second-order valence-electron chi connectivity index (χ2n) is 7.20. The topological polar surface area (TPSA) is 66.6 Å². The molecule has 0 saturated carbocycles. The quantitative estimate of drug-likeness (QED) is 0.451. The van der Waals surface area contributed by atoms with E-state index in [1.807, 2.05) is 19.9 Å². The van der Waals surface area contributed by atoms with E-state index in [1.54, 1.807) is 26.0 Å². The summed E-state index contributed by atoms with van der Waals surface area (Å²) >= 11 is 0. The van der Waals surface area contributed by atoms with Crippen LogP contribution in [0.25, 0.3) is 16.6 Å². The van der Waals surface area contributed by atoms with Gasteiger partial charge in [0.1, 0.15) is 0 Å². The van der Waals surface area contributed by atoms with Crippen molar-refractivity contribution >= 4 is 22.5 Å². The minimum Gasteiger partial charge on any atom is -0.494 e. The first-order valence-electron chi connectivity index (χ1n) is 9.39. The fourth-order valence-corrected chi connectivity index (χ4v) is 3.43. The van der Waals surface area contributed by atoms with Gasteiger partial charge in [0.25, 0.3) is 0 Å². The number of amides is 1. The van der Waals surface area contributed by atoms with Crippen LogP contribution in [0.5, 0.6) is 5.88 Å². The summed E-state index contributed by atoms with van der Waals surface area (Å²) in [5.74, 6) is -0.562. The van der Waals surface area contributed by atoms with E-state index in [4.69, 9.17) is 0 Å². The van der Waals surface area contributed by atoms with Gasteiger partial charge in [0.05, 0.1) is 22.4 Å². The van der Waals surface area contributed by atoms with Crippen molar-refractivity contribution in [1.82, 2.24) is 9.99 Å². The van der Waals surface area contributed by atoms with Gasteiger partial charge in [-0.1, -0.05) is 19.1 Å². The van der Waals surface area contributed by atoms with Crippen molar-refractivity contribution in [1.29, 1.82) is 0 Å². The van der Waals surface area contributed by atoms with Gasteiger partial charge in [-0.25, -0.2) is 5.43 Å². The van der Waals surface area contributed by atoms with Gasteiger partial charge in [0.2, 0.25) is 11.8 Å². The van der Waals surface area contributed by atoms with Crippen molar-refractivity contribution in [2.75, 3.05) is 0 Å². The van der Waals surface area contributed by atoms with Crippen molar-refractivity contribution in [3.05, 3.63) is 58.7 Å². The Morgan fingerprint density at radius 1 is 1.13 bits per heavy atom. The van der Waals surface area contributed by atoms with Gasteiger partial charge >= 0.3 is 6.18 Å². The maximum Gasteiger partial charge on any atom is 0.416 e. The number of carbonyl (C=O) groups excluding carboxylic acids is 1. The molecule has 0 aliphatic carbocycles. The van der Waals surface area contributed by atoms with Crippen LogP contribution in [0.4, 0.5) is 13.2 Å². The van der Waals surface area contributed by atoms with E-state index < -0.39 is 11.7 Å². The van der Waals surface area contributed by atoms with Gasteiger partial charge in [-0.05, 0) is 56.2 Å². The van der Waals surface area contributed by atoms with E-state index in [0.29, 0.717) is 11.1 Å². The number of aromatic hydroxyl groups is 1. The van der Waals surface area contributed by atoms with Gasteiger partial charge in [-0.3, -0.25) is 9.36 Å². The number of aromatic nitrogens is 1. The molecule has 8 heteroatoms. The maximum atomic E-state index is 13.3. The van der Waals surface area contributed by atoms with Crippen LogP contribution < -0.4 is 5.43 Å². The molecule has 0 saturated heterocycles. The zero-order valence-electron chi connectivity index (χ0n) is 17.1. The van der Waals surface area contributed by atoms with Crippen molar-refractivity contribution in [2.45, 2.75) is 40.3 Å². The Balaban J connectivity index is 2.33. The van der Waals surface area contributed by atoms with Crippen LogP contribution in [0.15, 0.2) is 41.5 Å². The van der Waals surface area contributed by atoms with Crippen molar-refractivity contribution in [3.63, 3.8) is 0 Å². The highest BCUT2D eigenvalue weighted by atomic mass is 19.4. The zero-order valence-corrected chi connectivity index (χ0v) is 17.1. The fourth-order valence-electron chi connectivity index (χ4n) is 3.43. The Morgan fingerprint density at radius 2 is 1.77 bits per heavy atom. The number of nitrogens with zero attached hydrogens (tertiary/aromatic N) is 2. The van der Waals surface area contributed by atoms with Crippen molar-refractivity contribution < 1.29 is 23.1 Å². The van der Waals surface area contributed by atoms with Crippen LogP contribution in [0.2, 0.25) is 0 Å². The average Bonchev–Trinajstić information content (AvgIpc) is 2.95. The van der Waals surface area contributed by atoms with E-state index in [-0.39, 0.29) is 35.0 Å². The van der Waals surface area contributed by atoms with Gasteiger partial charge in [0.15, 0.2) is 0 Å². The normalized spacial score (nSPS) is 12.4. The standard InChI is InChI=1S/C22H22F3N3O2/c1-5-19(29)27-26-14(4)20-17-7-6-15(22(23,24)25)11-18(17)28(21(20)30)16-9-12(2)8-13(3)10-16/h6-11,30H,5H2,1-4H3,(H,27,29)/b26-14+. The first-order valence-corrected chi connectivity index (χ1v) is 9.39. The molecule has 5 nitrogen and oxygen atoms in total. The van der Waals surface area contributed by atoms with Crippen LogP contribution >= 0.6 is 0 Å². The van der Waals surface area contributed by atoms with E-state index in [1.165, 1.54) is 10.6 Å². The molecule has 0 unspecified atom stereocenters. The molecule has 1 aromatic heterocycles. The van der Waals surface area contributed by atoms with Crippen LogP contribution in [0.3, 0.4) is 0 Å². The molecule has 3 aromatic rings. The molecule has 0 bridgehead atoms. The lowest BCUT2D eigenvalue weighted by atomic mass is 10.1. The third-order valence-corrected chi connectivity index (χ3v) is 4.77. The molecule has 158 valence electrons. The second-order valence-corrected chi connectivity index (χ2v) is 7.20. The summed E-state index contributed by atoms with van der Waals surface area (Å²) in [7, 11) is 0. The number of benzene rings is 2. The molecule has 0 radical (unpaired) electrons. The predicted octanol–water partition coefficient (Wildman–Crippen LogP) is 5.22. The largest absolute Gasteiger partial charge is 0.494 e. The highest BCUT2D eigenvalue weighted by molar-refractivity contribution is 6.13. The summed E-state index contributed by atoms with van der Waals surface area (Å²) < 4.78 is 41.4. The smallest absolute Gasteiger partial charge is 0.416 e. The lowest BCUT2D eigenvalue weighted by molar-refractivity contribution is -0.137. The lowest BCUT2D eigenvalue weighted by Crippen LogP contribution is -2.17. The lowest BCUT2D eigenvalue weighted by Gasteiger charge is -2.11. The highest BCUT2D eigenvalue weighted by Gasteiger charge is 2.32. The summed E-state index contributed by atoms with van der Waals surface area (Å²) in [5, 5.41) is 15.4. The monoisotopic (exact) mass is 417 g/mol. The molecular weight excluding hydrogens is 395 g/mol. The summed E-state index contributed by atoms with van der Waals surface area (Å²) in [5.41, 5.74) is 4.62. The number of nitrogens with one attached hydrogen (secondary N) is 1. The molecular formula is C22H22F3N3O2. The van der Waals surface area contributed by atoms with E-state index >= 15 is 0 Å². The number of hydrazone groups is 1. The van der Waals surface area contributed by atoms with Crippen LogP contribution in [-0.4, -0.2) is 21.3 Å². The maximum absolute atomic E-state index is 13.3. The number of alkyl halides is 3. The summed E-state index contributed by atoms with van der Waals surface area (Å²) in [6, 6.07) is 8.78. The first-order chi connectivity index (χ1) is 14.0. The number of carbonyl (C=O) groups is 1. The molecule has 1 heterocycles. The Labute approximate surface area is 171 Å². The number of rotatable bonds is 4. The van der Waals surface area contributed by atoms with E-state index in [2.05, 4.69) is 10.5 Å². The molecule has 1 amide bonds. The minimum atomic E-state index is -4.53. The summed E-state index contributed by atoms with van der Waals surface area (Å²) in [6.45, 7) is 6.98. The number of hydrogen-bond donors (Lipinski definition) is 2. The molecule has 2 aromatic carbocycles. The number of halogens is 3. The van der Waals surface area contributed by atoms with E-state index in [9.17, 15) is 23.1 Å². The van der Waals surface area contributed by atoms with Crippen molar-refractivity contribution in [3.8, 4) is 11.6 Å². The Morgan fingerprint density at radius 3 is 2.33 bits per heavy atom. The highest BCUT2D eigenvalue weighted by Crippen LogP contribution is 2.39. The van der Waals surface area contributed by atoms with Crippen molar-refractivity contribution in [2.24, 2.45) is 5.10 Å². The molecule has 30 heavy (non-hydrogen) atoms. The van der Waals surface area contributed by atoms with Gasteiger partial charge in [0, 0.05) is 17.5 Å². The molecule has 0 aliphatic rings. The second kappa shape index (κ2) is 7.85. The van der Waals surface area contributed by atoms with Crippen LogP contribution in [0.1, 0.15) is 42.5 Å². The molecule has 3 rings (SSSR count). The number of aryl methyl sites for hydroxylation is 2. The number of hydrogen-bond acceptors (Lipinski definition) is 3. The summed E-state index contributed by atoms with van der Waals surface area (Å²) in [4.78, 5) is 11.5. The fraction of sp³-hybridized carbons (Fsp3) is 0.273. The molecule has 0 fully saturated rings. The van der Waals surface area contributed by atoms with Crippen LogP contribution in [-0.2, 0) is 11.0 Å². The Hall–Kier alpha value is -3.29. The first kappa shape index (κ1) is 21.4. The third kappa shape index (κ3) is 4.03. The molecule has 2 N–H and O–H groups in total. The zero-order chi connectivity index (χ0) is 22.2. The van der Waals surface area contributed by atoms with Gasteiger partial charge in [-0.15, -0.1) is 0 Å². The molecule has 0 atom stereocenters.